The molecule has 2 aromatic rings. The van der Waals surface area contributed by atoms with Gasteiger partial charge in [0.2, 0.25) is 0 Å². The smallest absolute Gasteiger partial charge is 0.275 e. The maximum absolute atomic E-state index is 12.2. The van der Waals surface area contributed by atoms with Crippen molar-refractivity contribution in [1.29, 1.82) is 0 Å². The van der Waals surface area contributed by atoms with E-state index in [2.05, 4.69) is 29.6 Å². The van der Waals surface area contributed by atoms with E-state index < -0.39 is 0 Å². The summed E-state index contributed by atoms with van der Waals surface area (Å²) in [6.07, 6.45) is 1.00. The van der Waals surface area contributed by atoms with Crippen molar-refractivity contribution in [2.24, 2.45) is 5.10 Å². The molecule has 0 saturated carbocycles. The molecule has 1 N–H and O–H groups in total. The molecule has 0 aromatic heterocycles. The normalized spacial score (nSPS) is 11.1. The molecule has 0 aliphatic rings. The van der Waals surface area contributed by atoms with Crippen molar-refractivity contribution in [1.82, 2.24) is 5.43 Å². The number of carbonyl (C=O) groups is 1. The average molecular weight is 296 g/mol. The quantitative estimate of drug-likeness (QED) is 0.679. The zero-order valence-corrected chi connectivity index (χ0v) is 13.1. The molecular formula is C18H20N2O2. The molecule has 4 heteroatoms. The van der Waals surface area contributed by atoms with Gasteiger partial charge in [-0.1, -0.05) is 43.3 Å². The highest BCUT2D eigenvalue weighted by molar-refractivity contribution is 6.01. The van der Waals surface area contributed by atoms with Gasteiger partial charge in [0.1, 0.15) is 5.75 Å². The van der Waals surface area contributed by atoms with E-state index in [0.717, 1.165) is 17.7 Å². The highest BCUT2D eigenvalue weighted by atomic mass is 16.5. The Labute approximate surface area is 130 Å². The Hall–Kier alpha value is -2.62. The number of carbonyl (C=O) groups excluding carboxylic acids is 1. The van der Waals surface area contributed by atoms with Gasteiger partial charge in [0, 0.05) is 0 Å². The number of amides is 1. The molecule has 0 spiro atoms. The monoisotopic (exact) mass is 296 g/mol. The lowest BCUT2D eigenvalue weighted by molar-refractivity contribution is 0.0952. The van der Waals surface area contributed by atoms with E-state index in [1.165, 1.54) is 12.7 Å². The first-order valence-corrected chi connectivity index (χ1v) is 7.22. The fraction of sp³-hybridized carbons (Fsp3) is 0.222. The third kappa shape index (κ3) is 3.73. The first-order valence-electron chi connectivity index (χ1n) is 7.22. The number of nitrogens with one attached hydrogen (secondary N) is 1. The molecule has 2 rings (SSSR count). The van der Waals surface area contributed by atoms with Crippen molar-refractivity contribution in [3.05, 3.63) is 65.2 Å². The SMILES string of the molecule is CCc1ccc(/C(C)=N/NC(=O)c2ccccc2OC)cc1. The van der Waals surface area contributed by atoms with Crippen molar-refractivity contribution in [3.8, 4) is 5.75 Å². The van der Waals surface area contributed by atoms with Crippen LogP contribution in [0.3, 0.4) is 0 Å². The molecule has 0 atom stereocenters. The maximum Gasteiger partial charge on any atom is 0.275 e. The number of ether oxygens (including phenoxy) is 1. The third-order valence-corrected chi connectivity index (χ3v) is 3.46. The first kappa shape index (κ1) is 15.8. The van der Waals surface area contributed by atoms with Gasteiger partial charge < -0.3 is 4.74 Å². The second-order valence-corrected chi connectivity index (χ2v) is 4.89. The standard InChI is InChI=1S/C18H20N2O2/c1-4-14-9-11-15(12-10-14)13(2)19-20-18(21)16-7-5-6-8-17(16)22-3/h5-12H,4H2,1-3H3,(H,20,21)/b19-13+. The molecule has 114 valence electrons. The number of hydrogen-bond donors (Lipinski definition) is 1. The summed E-state index contributed by atoms with van der Waals surface area (Å²) in [7, 11) is 1.54. The summed E-state index contributed by atoms with van der Waals surface area (Å²) >= 11 is 0. The number of hydrazone groups is 1. The summed E-state index contributed by atoms with van der Waals surface area (Å²) in [5, 5.41) is 4.16. The highest BCUT2D eigenvalue weighted by Gasteiger charge is 2.10. The number of nitrogens with zero attached hydrogens (tertiary/aromatic N) is 1. The molecule has 0 saturated heterocycles. The van der Waals surface area contributed by atoms with Crippen LogP contribution in [0.5, 0.6) is 5.75 Å². The van der Waals surface area contributed by atoms with Crippen LogP contribution in [0.25, 0.3) is 0 Å². The van der Waals surface area contributed by atoms with Gasteiger partial charge in [-0.15, -0.1) is 0 Å². The number of methoxy groups -OCH3 is 1. The average Bonchev–Trinajstić information content (AvgIpc) is 2.59. The van der Waals surface area contributed by atoms with Gasteiger partial charge in [0.05, 0.1) is 18.4 Å². The Kier molecular flexibility index (Phi) is 5.31. The molecule has 0 bridgehead atoms. The number of aryl methyl sites for hydroxylation is 1. The van der Waals surface area contributed by atoms with Crippen LogP contribution in [0.1, 0.15) is 35.3 Å². The predicted octanol–water partition coefficient (Wildman–Crippen LogP) is 3.41. The Balaban J connectivity index is 2.11. The fourth-order valence-corrected chi connectivity index (χ4v) is 2.07. The summed E-state index contributed by atoms with van der Waals surface area (Å²) in [4.78, 5) is 12.2. The molecule has 0 unspecified atom stereocenters. The van der Waals surface area contributed by atoms with E-state index in [9.17, 15) is 4.79 Å². The lowest BCUT2D eigenvalue weighted by Gasteiger charge is -2.07. The van der Waals surface area contributed by atoms with E-state index in [1.807, 2.05) is 25.1 Å². The molecule has 2 aromatic carbocycles. The molecule has 0 heterocycles. The molecule has 1 amide bonds. The topological polar surface area (TPSA) is 50.7 Å². The molecular weight excluding hydrogens is 276 g/mol. The van der Waals surface area contributed by atoms with Gasteiger partial charge >= 0.3 is 0 Å². The maximum atomic E-state index is 12.2. The summed E-state index contributed by atoms with van der Waals surface area (Å²) in [6, 6.07) is 15.2. The number of benzene rings is 2. The molecule has 0 aliphatic heterocycles. The van der Waals surface area contributed by atoms with Crippen LogP contribution in [-0.2, 0) is 6.42 Å². The summed E-state index contributed by atoms with van der Waals surface area (Å²) in [5.74, 6) is 0.238. The predicted molar refractivity (Wildman–Crippen MR) is 88.5 cm³/mol. The molecule has 4 nitrogen and oxygen atoms in total. The minimum absolute atomic E-state index is 0.290. The van der Waals surface area contributed by atoms with E-state index in [4.69, 9.17) is 4.74 Å². The lowest BCUT2D eigenvalue weighted by Crippen LogP contribution is -2.20. The second-order valence-electron chi connectivity index (χ2n) is 4.89. The Morgan fingerprint density at radius 2 is 1.82 bits per heavy atom. The van der Waals surface area contributed by atoms with Gasteiger partial charge in [-0.25, -0.2) is 5.43 Å². The van der Waals surface area contributed by atoms with Crippen LogP contribution in [0.4, 0.5) is 0 Å². The Bertz CT molecular complexity index is 676. The van der Waals surface area contributed by atoms with Crippen LogP contribution in [0.15, 0.2) is 53.6 Å². The van der Waals surface area contributed by atoms with Crippen molar-refractivity contribution in [2.45, 2.75) is 20.3 Å². The lowest BCUT2D eigenvalue weighted by atomic mass is 10.1. The van der Waals surface area contributed by atoms with E-state index in [0.29, 0.717) is 11.3 Å². The van der Waals surface area contributed by atoms with Crippen LogP contribution in [-0.4, -0.2) is 18.7 Å². The van der Waals surface area contributed by atoms with Crippen LogP contribution < -0.4 is 10.2 Å². The summed E-state index contributed by atoms with van der Waals surface area (Å²) < 4.78 is 5.17. The van der Waals surface area contributed by atoms with E-state index in [1.54, 1.807) is 18.2 Å². The van der Waals surface area contributed by atoms with Gasteiger partial charge in [-0.3, -0.25) is 4.79 Å². The Morgan fingerprint density at radius 3 is 2.45 bits per heavy atom. The molecule has 0 fully saturated rings. The van der Waals surface area contributed by atoms with Gasteiger partial charge in [0.25, 0.3) is 5.91 Å². The highest BCUT2D eigenvalue weighted by Crippen LogP contribution is 2.16. The molecule has 22 heavy (non-hydrogen) atoms. The summed E-state index contributed by atoms with van der Waals surface area (Å²) in [6.45, 7) is 3.98. The zero-order valence-electron chi connectivity index (χ0n) is 13.1. The zero-order chi connectivity index (χ0) is 15.9. The number of hydrogen-bond acceptors (Lipinski definition) is 3. The number of rotatable bonds is 5. The van der Waals surface area contributed by atoms with E-state index in [-0.39, 0.29) is 5.91 Å². The van der Waals surface area contributed by atoms with Crippen molar-refractivity contribution in [3.63, 3.8) is 0 Å². The van der Waals surface area contributed by atoms with Crippen LogP contribution in [0, 0.1) is 0 Å². The third-order valence-electron chi connectivity index (χ3n) is 3.46. The van der Waals surface area contributed by atoms with Gasteiger partial charge in [-0.05, 0) is 36.6 Å². The Morgan fingerprint density at radius 1 is 1.14 bits per heavy atom. The van der Waals surface area contributed by atoms with Gasteiger partial charge in [-0.2, -0.15) is 5.10 Å². The van der Waals surface area contributed by atoms with Crippen LogP contribution in [0.2, 0.25) is 0 Å². The van der Waals surface area contributed by atoms with Crippen molar-refractivity contribution < 1.29 is 9.53 Å². The van der Waals surface area contributed by atoms with Crippen molar-refractivity contribution in [2.75, 3.05) is 7.11 Å². The van der Waals surface area contributed by atoms with E-state index >= 15 is 0 Å². The minimum Gasteiger partial charge on any atom is -0.496 e. The first-order chi connectivity index (χ1) is 10.7. The largest absolute Gasteiger partial charge is 0.496 e. The van der Waals surface area contributed by atoms with Crippen LogP contribution >= 0.6 is 0 Å². The molecule has 0 aliphatic carbocycles. The van der Waals surface area contributed by atoms with Crippen molar-refractivity contribution >= 4 is 11.6 Å². The minimum atomic E-state index is -0.290. The fourth-order valence-electron chi connectivity index (χ4n) is 2.07. The summed E-state index contributed by atoms with van der Waals surface area (Å²) in [5.41, 5.74) is 6.04. The molecule has 0 radical (unpaired) electrons. The number of para-hydroxylation sites is 1. The van der Waals surface area contributed by atoms with Gasteiger partial charge in [0.15, 0.2) is 0 Å². The second kappa shape index (κ2) is 7.41.